The fourth-order valence-electron chi connectivity index (χ4n) is 3.94. The Hall–Kier alpha value is -2.69. The third-order valence-electron chi connectivity index (χ3n) is 5.51. The molecule has 0 radical (unpaired) electrons. The van der Waals surface area contributed by atoms with Crippen LogP contribution in [0.5, 0.6) is 5.88 Å². The Labute approximate surface area is 181 Å². The maximum Gasteiger partial charge on any atom is 0.412 e. The van der Waals surface area contributed by atoms with E-state index in [1.807, 2.05) is 11.6 Å². The SMILES string of the molecule is CCN(C(=O)O)c1cc2c(cn1)c(Br)nn2C1CCC(Oc2cnnn2CC)CC1. The Kier molecular flexibility index (Phi) is 5.89. The standard InChI is InChI=1S/C19H24BrN7O3/c1-3-25(19(28)29)16-9-15-14(10-21-16)18(20)23-27(15)12-5-7-13(8-6-12)30-17-11-22-24-26(17)4-2/h9-13H,3-8H2,1-2H3,(H,28,29). The van der Waals surface area contributed by atoms with E-state index in [4.69, 9.17) is 4.74 Å². The van der Waals surface area contributed by atoms with Crippen LogP contribution in [-0.4, -0.2) is 53.6 Å². The van der Waals surface area contributed by atoms with Gasteiger partial charge in [-0.3, -0.25) is 9.58 Å². The quantitative estimate of drug-likeness (QED) is 0.573. The van der Waals surface area contributed by atoms with Crippen molar-refractivity contribution >= 4 is 38.7 Å². The second-order valence-electron chi connectivity index (χ2n) is 7.26. The van der Waals surface area contributed by atoms with Crippen molar-refractivity contribution in [3.05, 3.63) is 23.1 Å². The van der Waals surface area contributed by atoms with Crippen LogP contribution in [0.4, 0.5) is 10.6 Å². The second-order valence-corrected chi connectivity index (χ2v) is 8.01. The molecule has 0 spiro atoms. The van der Waals surface area contributed by atoms with Crippen LogP contribution in [0, 0.1) is 0 Å². The molecule has 1 aliphatic carbocycles. The number of halogens is 1. The largest absolute Gasteiger partial charge is 0.473 e. The molecule has 11 heteroatoms. The Morgan fingerprint density at radius 3 is 2.73 bits per heavy atom. The molecule has 1 fully saturated rings. The van der Waals surface area contributed by atoms with Crippen molar-refractivity contribution in [2.24, 2.45) is 0 Å². The number of aryl methyl sites for hydroxylation is 1. The van der Waals surface area contributed by atoms with Gasteiger partial charge in [-0.15, -0.1) is 5.10 Å². The van der Waals surface area contributed by atoms with Crippen LogP contribution in [0.2, 0.25) is 0 Å². The monoisotopic (exact) mass is 477 g/mol. The molecule has 30 heavy (non-hydrogen) atoms. The number of aromatic nitrogens is 6. The Morgan fingerprint density at radius 1 is 1.30 bits per heavy atom. The zero-order chi connectivity index (χ0) is 21.3. The molecule has 0 saturated heterocycles. The molecule has 0 bridgehead atoms. The molecule has 10 nitrogen and oxygen atoms in total. The van der Waals surface area contributed by atoms with Gasteiger partial charge in [-0.05, 0) is 55.5 Å². The van der Waals surface area contributed by atoms with E-state index in [1.165, 1.54) is 4.90 Å². The Bertz CT molecular complexity index is 1040. The molecule has 1 aliphatic rings. The minimum absolute atomic E-state index is 0.120. The molecular weight excluding hydrogens is 454 g/mol. The van der Waals surface area contributed by atoms with E-state index in [0.29, 0.717) is 22.8 Å². The van der Waals surface area contributed by atoms with Gasteiger partial charge >= 0.3 is 6.09 Å². The van der Waals surface area contributed by atoms with Crippen molar-refractivity contribution in [2.75, 3.05) is 11.4 Å². The van der Waals surface area contributed by atoms with Gasteiger partial charge in [0.15, 0.2) is 0 Å². The van der Waals surface area contributed by atoms with Crippen LogP contribution < -0.4 is 9.64 Å². The van der Waals surface area contributed by atoms with Gasteiger partial charge in [-0.1, -0.05) is 5.21 Å². The zero-order valence-corrected chi connectivity index (χ0v) is 18.5. The van der Waals surface area contributed by atoms with E-state index in [2.05, 4.69) is 36.3 Å². The fourth-order valence-corrected chi connectivity index (χ4v) is 4.42. The van der Waals surface area contributed by atoms with Gasteiger partial charge < -0.3 is 9.84 Å². The first kappa shape index (κ1) is 20.6. The number of pyridine rings is 1. The van der Waals surface area contributed by atoms with Crippen LogP contribution in [0.25, 0.3) is 10.9 Å². The number of rotatable bonds is 6. The van der Waals surface area contributed by atoms with Gasteiger partial charge in [0.2, 0.25) is 5.88 Å². The molecule has 0 unspecified atom stereocenters. The van der Waals surface area contributed by atoms with Gasteiger partial charge in [0.05, 0.1) is 16.9 Å². The summed E-state index contributed by atoms with van der Waals surface area (Å²) in [5.41, 5.74) is 0.879. The van der Waals surface area contributed by atoms with Gasteiger partial charge in [-0.2, -0.15) is 5.10 Å². The third kappa shape index (κ3) is 3.85. The van der Waals surface area contributed by atoms with Crippen molar-refractivity contribution in [3.63, 3.8) is 0 Å². The molecule has 1 N–H and O–H groups in total. The number of ether oxygens (including phenoxy) is 1. The van der Waals surface area contributed by atoms with Gasteiger partial charge in [0.25, 0.3) is 0 Å². The average Bonchev–Trinajstić information content (AvgIpc) is 3.33. The van der Waals surface area contributed by atoms with E-state index in [-0.39, 0.29) is 12.1 Å². The molecule has 160 valence electrons. The minimum Gasteiger partial charge on any atom is -0.473 e. The van der Waals surface area contributed by atoms with Crippen molar-refractivity contribution in [3.8, 4) is 5.88 Å². The minimum atomic E-state index is -1.02. The van der Waals surface area contributed by atoms with Crippen molar-refractivity contribution < 1.29 is 14.6 Å². The number of anilines is 1. The van der Waals surface area contributed by atoms with Crippen LogP contribution in [-0.2, 0) is 6.54 Å². The topological polar surface area (TPSA) is 111 Å². The first-order valence-corrected chi connectivity index (χ1v) is 10.9. The highest BCUT2D eigenvalue weighted by molar-refractivity contribution is 9.10. The summed E-state index contributed by atoms with van der Waals surface area (Å²) in [6.45, 7) is 4.84. The third-order valence-corrected chi connectivity index (χ3v) is 6.10. The van der Waals surface area contributed by atoms with Crippen LogP contribution in [0.1, 0.15) is 45.6 Å². The summed E-state index contributed by atoms with van der Waals surface area (Å²) in [7, 11) is 0. The molecule has 1 amide bonds. The average molecular weight is 478 g/mol. The maximum atomic E-state index is 11.5. The summed E-state index contributed by atoms with van der Waals surface area (Å²) in [5.74, 6) is 1.11. The van der Waals surface area contributed by atoms with Crippen molar-refractivity contribution in [1.82, 2.24) is 29.8 Å². The first-order chi connectivity index (χ1) is 14.5. The zero-order valence-electron chi connectivity index (χ0n) is 16.9. The molecule has 3 aromatic rings. The molecule has 0 aliphatic heterocycles. The lowest BCUT2D eigenvalue weighted by atomic mass is 9.93. The highest BCUT2D eigenvalue weighted by Crippen LogP contribution is 2.35. The number of carbonyl (C=O) groups is 1. The number of hydrogen-bond acceptors (Lipinski definition) is 6. The van der Waals surface area contributed by atoms with Gasteiger partial charge in [0, 0.05) is 25.4 Å². The maximum absolute atomic E-state index is 11.5. The summed E-state index contributed by atoms with van der Waals surface area (Å²) >= 11 is 3.52. The van der Waals surface area contributed by atoms with Gasteiger partial charge in [-0.25, -0.2) is 14.5 Å². The predicted molar refractivity (Wildman–Crippen MR) is 114 cm³/mol. The molecule has 4 rings (SSSR count). The summed E-state index contributed by atoms with van der Waals surface area (Å²) in [6.07, 6.45) is 6.05. The molecule has 0 atom stereocenters. The number of hydrogen-bond donors (Lipinski definition) is 1. The van der Waals surface area contributed by atoms with E-state index >= 15 is 0 Å². The highest BCUT2D eigenvalue weighted by atomic mass is 79.9. The normalized spacial score (nSPS) is 19.2. The second kappa shape index (κ2) is 8.58. The molecular formula is C19H24BrN7O3. The lowest BCUT2D eigenvalue weighted by molar-refractivity contribution is 0.119. The molecule has 3 aromatic heterocycles. The molecule has 3 heterocycles. The first-order valence-electron chi connectivity index (χ1n) is 10.1. The lowest BCUT2D eigenvalue weighted by Gasteiger charge is -2.29. The number of fused-ring (bicyclic) bond motifs is 1. The number of nitrogens with zero attached hydrogens (tertiary/aromatic N) is 7. The molecule has 0 aromatic carbocycles. The highest BCUT2D eigenvalue weighted by Gasteiger charge is 2.27. The number of carboxylic acid groups (broad SMARTS) is 1. The van der Waals surface area contributed by atoms with E-state index in [0.717, 1.165) is 43.1 Å². The van der Waals surface area contributed by atoms with E-state index in [9.17, 15) is 9.90 Å². The van der Waals surface area contributed by atoms with Gasteiger partial charge in [0.1, 0.15) is 22.7 Å². The summed E-state index contributed by atoms with van der Waals surface area (Å²) in [4.78, 5) is 17.0. The lowest BCUT2D eigenvalue weighted by Crippen LogP contribution is -2.29. The van der Waals surface area contributed by atoms with Crippen LogP contribution in [0.3, 0.4) is 0 Å². The van der Waals surface area contributed by atoms with Crippen molar-refractivity contribution in [1.29, 1.82) is 0 Å². The van der Waals surface area contributed by atoms with E-state index < -0.39 is 6.09 Å². The molecule has 1 saturated carbocycles. The van der Waals surface area contributed by atoms with Crippen LogP contribution >= 0.6 is 15.9 Å². The predicted octanol–water partition coefficient (Wildman–Crippen LogP) is 3.87. The number of amides is 1. The summed E-state index contributed by atoms with van der Waals surface area (Å²) < 4.78 is 10.6. The smallest absolute Gasteiger partial charge is 0.412 e. The summed E-state index contributed by atoms with van der Waals surface area (Å²) in [6, 6.07) is 2.02. The van der Waals surface area contributed by atoms with Crippen molar-refractivity contribution in [2.45, 2.75) is 58.2 Å². The fraction of sp³-hybridized carbons (Fsp3) is 0.526. The Morgan fingerprint density at radius 2 is 2.07 bits per heavy atom. The van der Waals surface area contributed by atoms with Crippen LogP contribution in [0.15, 0.2) is 23.1 Å². The summed E-state index contributed by atoms with van der Waals surface area (Å²) in [5, 5.41) is 22.9. The van der Waals surface area contributed by atoms with E-state index in [1.54, 1.807) is 30.1 Å². The Balaban J connectivity index is 1.53.